The Morgan fingerprint density at radius 2 is 1.67 bits per heavy atom. The molecule has 3 aromatic carbocycles. The Bertz CT molecular complexity index is 1450. The summed E-state index contributed by atoms with van der Waals surface area (Å²) in [6, 6.07) is 20.9. The van der Waals surface area contributed by atoms with Gasteiger partial charge in [0.1, 0.15) is 5.75 Å². The third-order valence-electron chi connectivity index (χ3n) is 6.20. The second-order valence-corrected chi connectivity index (χ2v) is 10.0. The average Bonchev–Trinajstić information content (AvgIpc) is 3.46. The number of methoxy groups -OCH3 is 3. The zero-order valence-corrected chi connectivity index (χ0v) is 25.0. The molecule has 1 amide bonds. The van der Waals surface area contributed by atoms with Crippen LogP contribution >= 0.6 is 11.8 Å². The van der Waals surface area contributed by atoms with Crippen molar-refractivity contribution in [3.8, 4) is 40.1 Å². The monoisotopic (exact) mass is 589 g/mol. The van der Waals surface area contributed by atoms with Gasteiger partial charge in [-0.1, -0.05) is 49.7 Å². The molecule has 0 radical (unpaired) electrons. The van der Waals surface area contributed by atoms with Crippen molar-refractivity contribution in [2.75, 3.05) is 33.7 Å². The van der Waals surface area contributed by atoms with Gasteiger partial charge in [-0.05, 0) is 60.5 Å². The van der Waals surface area contributed by atoms with Crippen LogP contribution in [-0.4, -0.2) is 60.6 Å². The highest BCUT2D eigenvalue weighted by Gasteiger charge is 2.21. The minimum Gasteiger partial charge on any atom is -0.494 e. The maximum atomic E-state index is 12.6. The summed E-state index contributed by atoms with van der Waals surface area (Å²) in [5.41, 5.74) is 4.97. The van der Waals surface area contributed by atoms with Crippen LogP contribution in [0.1, 0.15) is 31.7 Å². The minimum absolute atomic E-state index is 0.0854. The first-order valence-electron chi connectivity index (χ1n) is 13.6. The topological polar surface area (TPSA) is 109 Å². The van der Waals surface area contributed by atoms with Gasteiger partial charge in [0.2, 0.25) is 5.75 Å². The second kappa shape index (κ2) is 15.5. The highest BCUT2D eigenvalue weighted by molar-refractivity contribution is 7.99. The summed E-state index contributed by atoms with van der Waals surface area (Å²) in [6.07, 6.45) is 4.95. The van der Waals surface area contributed by atoms with E-state index in [4.69, 9.17) is 18.9 Å². The van der Waals surface area contributed by atoms with Crippen molar-refractivity contribution in [3.05, 3.63) is 72.3 Å². The van der Waals surface area contributed by atoms with E-state index in [2.05, 4.69) is 27.6 Å². The molecule has 42 heavy (non-hydrogen) atoms. The summed E-state index contributed by atoms with van der Waals surface area (Å²) in [6.45, 7) is 2.87. The predicted octanol–water partition coefficient (Wildman–Crippen LogP) is 5.77. The van der Waals surface area contributed by atoms with Gasteiger partial charge in [-0.25, -0.2) is 5.43 Å². The van der Waals surface area contributed by atoms with Gasteiger partial charge in [0.25, 0.3) is 5.91 Å². The molecule has 220 valence electrons. The number of amides is 1. The SMILES string of the molecule is CCCCCOc1ccc(/C=N\NC(=O)CSc2nnc(-c3cc(OC)c(OC)c(OC)c3)n2-c2ccccc2)cc1. The Morgan fingerprint density at radius 3 is 2.31 bits per heavy atom. The van der Waals surface area contributed by atoms with E-state index in [0.29, 0.717) is 40.4 Å². The van der Waals surface area contributed by atoms with E-state index in [-0.39, 0.29) is 11.7 Å². The second-order valence-electron chi connectivity index (χ2n) is 9.10. The van der Waals surface area contributed by atoms with Crippen molar-refractivity contribution in [2.24, 2.45) is 5.10 Å². The van der Waals surface area contributed by atoms with Crippen molar-refractivity contribution in [3.63, 3.8) is 0 Å². The van der Waals surface area contributed by atoms with Crippen LogP contribution in [0.2, 0.25) is 0 Å². The smallest absolute Gasteiger partial charge is 0.250 e. The molecule has 0 unspecified atom stereocenters. The first-order valence-corrected chi connectivity index (χ1v) is 14.5. The van der Waals surface area contributed by atoms with E-state index >= 15 is 0 Å². The molecule has 0 bridgehead atoms. The molecule has 0 aliphatic rings. The van der Waals surface area contributed by atoms with Crippen molar-refractivity contribution >= 4 is 23.9 Å². The third-order valence-corrected chi connectivity index (χ3v) is 7.13. The summed E-state index contributed by atoms with van der Waals surface area (Å²) in [5.74, 6) is 2.65. The van der Waals surface area contributed by atoms with Crippen LogP contribution in [0.5, 0.6) is 23.0 Å². The number of aromatic nitrogens is 3. The molecule has 0 spiro atoms. The number of nitrogens with one attached hydrogen (secondary N) is 1. The molecule has 0 aliphatic carbocycles. The van der Waals surface area contributed by atoms with Crippen LogP contribution < -0.4 is 24.4 Å². The Balaban J connectivity index is 1.45. The lowest BCUT2D eigenvalue weighted by Crippen LogP contribution is -2.20. The number of unbranched alkanes of at least 4 members (excludes halogenated alkanes) is 2. The van der Waals surface area contributed by atoms with Gasteiger partial charge < -0.3 is 18.9 Å². The predicted molar refractivity (Wildman–Crippen MR) is 164 cm³/mol. The molecule has 0 aliphatic heterocycles. The van der Waals surface area contributed by atoms with E-state index in [0.717, 1.165) is 36.3 Å². The number of carbonyl (C=O) groups is 1. The number of thioether (sulfide) groups is 1. The van der Waals surface area contributed by atoms with Gasteiger partial charge in [0.05, 0.1) is 39.9 Å². The molecular formula is C31H35N5O5S. The lowest BCUT2D eigenvalue weighted by Gasteiger charge is -2.15. The van der Waals surface area contributed by atoms with E-state index in [1.807, 2.05) is 71.3 Å². The number of hydrazone groups is 1. The number of hydrogen-bond donors (Lipinski definition) is 1. The molecule has 1 aromatic heterocycles. The van der Waals surface area contributed by atoms with Crippen molar-refractivity contribution in [2.45, 2.75) is 31.3 Å². The molecule has 4 aromatic rings. The largest absolute Gasteiger partial charge is 0.494 e. The van der Waals surface area contributed by atoms with Crippen LogP contribution in [0, 0.1) is 0 Å². The van der Waals surface area contributed by atoms with Gasteiger partial charge in [-0.15, -0.1) is 10.2 Å². The number of para-hydroxylation sites is 1. The Labute approximate surface area is 250 Å². The Morgan fingerprint density at radius 1 is 0.952 bits per heavy atom. The lowest BCUT2D eigenvalue weighted by molar-refractivity contribution is -0.118. The molecule has 11 heteroatoms. The fourth-order valence-electron chi connectivity index (χ4n) is 4.10. The molecule has 0 atom stereocenters. The van der Waals surface area contributed by atoms with Crippen LogP contribution in [0.25, 0.3) is 17.1 Å². The van der Waals surface area contributed by atoms with Crippen molar-refractivity contribution < 1.29 is 23.7 Å². The van der Waals surface area contributed by atoms with Crippen LogP contribution in [-0.2, 0) is 4.79 Å². The first kappa shape index (κ1) is 30.4. The number of hydrogen-bond acceptors (Lipinski definition) is 9. The Hall–Kier alpha value is -4.51. The lowest BCUT2D eigenvalue weighted by atomic mass is 10.1. The standard InChI is InChI=1S/C31H35N5O5S/c1-5-6-10-17-41-25-15-13-22(14-16-25)20-32-33-28(37)21-42-31-35-34-30(36(31)24-11-8-7-9-12-24)23-18-26(38-2)29(40-4)27(19-23)39-3/h7-9,11-16,18-20H,5-6,10,17,21H2,1-4H3,(H,33,37)/b32-20-. The molecule has 1 N–H and O–H groups in total. The number of ether oxygens (including phenoxy) is 4. The van der Waals surface area contributed by atoms with E-state index in [1.165, 1.54) is 11.8 Å². The van der Waals surface area contributed by atoms with Crippen LogP contribution in [0.3, 0.4) is 0 Å². The zero-order chi connectivity index (χ0) is 29.7. The normalized spacial score (nSPS) is 11.0. The molecule has 0 saturated heterocycles. The number of rotatable bonds is 15. The van der Waals surface area contributed by atoms with Crippen LogP contribution in [0.4, 0.5) is 0 Å². The molecule has 0 saturated carbocycles. The molecule has 0 fully saturated rings. The average molecular weight is 590 g/mol. The van der Waals surface area contributed by atoms with Gasteiger partial charge in [0.15, 0.2) is 22.5 Å². The summed E-state index contributed by atoms with van der Waals surface area (Å²) in [4.78, 5) is 12.6. The highest BCUT2D eigenvalue weighted by Crippen LogP contribution is 2.41. The zero-order valence-electron chi connectivity index (χ0n) is 24.2. The van der Waals surface area contributed by atoms with E-state index in [1.54, 1.807) is 27.5 Å². The first-order chi connectivity index (χ1) is 20.6. The molecule has 10 nitrogen and oxygen atoms in total. The van der Waals surface area contributed by atoms with Gasteiger partial charge >= 0.3 is 0 Å². The quantitative estimate of drug-likeness (QED) is 0.0806. The molecule has 4 rings (SSSR count). The fourth-order valence-corrected chi connectivity index (χ4v) is 4.85. The van der Waals surface area contributed by atoms with Gasteiger partial charge in [0, 0.05) is 11.3 Å². The maximum Gasteiger partial charge on any atom is 0.250 e. The third kappa shape index (κ3) is 7.82. The molecule has 1 heterocycles. The number of carbonyl (C=O) groups excluding carboxylic acids is 1. The van der Waals surface area contributed by atoms with Crippen molar-refractivity contribution in [1.29, 1.82) is 0 Å². The maximum absolute atomic E-state index is 12.6. The number of benzene rings is 3. The summed E-state index contributed by atoms with van der Waals surface area (Å²) < 4.78 is 24.1. The van der Waals surface area contributed by atoms with Crippen LogP contribution in [0.15, 0.2) is 77.0 Å². The summed E-state index contributed by atoms with van der Waals surface area (Å²) in [5, 5.41) is 13.5. The van der Waals surface area contributed by atoms with E-state index < -0.39 is 0 Å². The number of nitrogens with zero attached hydrogens (tertiary/aromatic N) is 4. The van der Waals surface area contributed by atoms with Gasteiger partial charge in [-0.3, -0.25) is 9.36 Å². The van der Waals surface area contributed by atoms with Gasteiger partial charge in [-0.2, -0.15) is 5.10 Å². The Kier molecular flexibility index (Phi) is 11.2. The summed E-state index contributed by atoms with van der Waals surface area (Å²) >= 11 is 1.25. The highest BCUT2D eigenvalue weighted by atomic mass is 32.2. The molecular weight excluding hydrogens is 554 g/mol. The van der Waals surface area contributed by atoms with Crippen molar-refractivity contribution in [1.82, 2.24) is 20.2 Å². The fraction of sp³-hybridized carbons (Fsp3) is 0.290. The minimum atomic E-state index is -0.274. The van der Waals surface area contributed by atoms with E-state index in [9.17, 15) is 4.79 Å². The summed E-state index contributed by atoms with van der Waals surface area (Å²) in [7, 11) is 4.67.